The van der Waals surface area contributed by atoms with Gasteiger partial charge in [-0.05, 0) is 59.5 Å². The fourth-order valence-corrected chi connectivity index (χ4v) is 5.32. The highest BCUT2D eigenvalue weighted by atomic mass is 127. The summed E-state index contributed by atoms with van der Waals surface area (Å²) in [5.41, 5.74) is 4.32. The number of thioether (sulfide) groups is 1. The van der Waals surface area contributed by atoms with Gasteiger partial charge in [0, 0.05) is 43.5 Å². The number of rotatable bonds is 1. The number of hydrogen-bond acceptors (Lipinski definition) is 3. The van der Waals surface area contributed by atoms with Gasteiger partial charge in [0.15, 0.2) is 5.78 Å². The summed E-state index contributed by atoms with van der Waals surface area (Å²) in [5, 5.41) is 3.52. The average Bonchev–Trinajstić information content (AvgIpc) is 2.96. The summed E-state index contributed by atoms with van der Waals surface area (Å²) in [6.07, 6.45) is 3.52. The maximum absolute atomic E-state index is 13.6. The molecule has 0 saturated heterocycles. The highest BCUT2D eigenvalue weighted by molar-refractivity contribution is 14.1. The molecule has 2 aliphatic heterocycles. The summed E-state index contributed by atoms with van der Waals surface area (Å²) >= 11 is 3.86. The van der Waals surface area contributed by atoms with Crippen molar-refractivity contribution < 1.29 is 9.18 Å². The lowest BCUT2D eigenvalue weighted by Gasteiger charge is -2.33. The van der Waals surface area contributed by atoms with E-state index in [2.05, 4.69) is 5.32 Å². The Bertz CT molecular complexity index is 740. The third-order valence-electron chi connectivity index (χ3n) is 4.49. The zero-order chi connectivity index (χ0) is 15.3. The Kier molecular flexibility index (Phi) is 3.80. The van der Waals surface area contributed by atoms with E-state index in [4.69, 9.17) is 0 Å². The Morgan fingerprint density at radius 2 is 2.09 bits per heavy atom. The quantitative estimate of drug-likeness (QED) is 0.671. The third-order valence-corrected chi connectivity index (χ3v) is 6.52. The van der Waals surface area contributed by atoms with Crippen LogP contribution in [-0.4, -0.2) is 11.5 Å². The fraction of sp³-hybridized carbons (Fsp3) is 0.353. The first-order valence-electron chi connectivity index (χ1n) is 7.49. The third kappa shape index (κ3) is 2.33. The molecule has 2 heterocycles. The van der Waals surface area contributed by atoms with Crippen molar-refractivity contribution >= 4 is 40.1 Å². The van der Waals surface area contributed by atoms with Crippen molar-refractivity contribution in [3.05, 3.63) is 55.0 Å². The van der Waals surface area contributed by atoms with Crippen LogP contribution >= 0.6 is 34.4 Å². The van der Waals surface area contributed by atoms with Crippen molar-refractivity contribution in [1.29, 1.82) is 0 Å². The van der Waals surface area contributed by atoms with Gasteiger partial charge in [-0.1, -0.05) is 6.07 Å². The standard InChI is InChI=1S/C17H15FINOS/c18-10-5-4-9(8-11(10)19)15-16-12(2-1-3-14(16)21)20-13-6-7-22-17(13)15/h4-5,8,15,20H,1-3,6-7H2. The van der Waals surface area contributed by atoms with Crippen molar-refractivity contribution in [3.63, 3.8) is 0 Å². The predicted octanol–water partition coefficient (Wildman–Crippen LogP) is 4.47. The van der Waals surface area contributed by atoms with Gasteiger partial charge in [-0.2, -0.15) is 0 Å². The molecule has 22 heavy (non-hydrogen) atoms. The minimum absolute atomic E-state index is 0.000617. The van der Waals surface area contributed by atoms with Gasteiger partial charge in [-0.25, -0.2) is 4.39 Å². The van der Waals surface area contributed by atoms with E-state index in [1.54, 1.807) is 0 Å². The van der Waals surface area contributed by atoms with Crippen LogP contribution < -0.4 is 5.32 Å². The Balaban J connectivity index is 1.87. The number of carbonyl (C=O) groups is 1. The normalized spacial score (nSPS) is 24.3. The summed E-state index contributed by atoms with van der Waals surface area (Å²) in [6.45, 7) is 0. The minimum Gasteiger partial charge on any atom is -0.361 e. The molecule has 1 aromatic carbocycles. The molecule has 0 saturated carbocycles. The smallest absolute Gasteiger partial charge is 0.161 e. The van der Waals surface area contributed by atoms with Crippen LogP contribution in [-0.2, 0) is 4.79 Å². The molecule has 1 aromatic rings. The number of dihydropyridines is 1. The molecule has 2 nitrogen and oxygen atoms in total. The lowest BCUT2D eigenvalue weighted by atomic mass is 9.79. The second-order valence-corrected chi connectivity index (χ2v) is 8.14. The number of nitrogens with one attached hydrogen (secondary N) is 1. The molecule has 1 atom stereocenters. The van der Waals surface area contributed by atoms with Gasteiger partial charge in [-0.15, -0.1) is 11.8 Å². The number of allylic oxidation sites excluding steroid dienone is 4. The molecular formula is C17H15FINOS. The van der Waals surface area contributed by atoms with E-state index in [1.807, 2.05) is 46.5 Å². The van der Waals surface area contributed by atoms with Gasteiger partial charge < -0.3 is 5.32 Å². The number of carbonyl (C=O) groups excluding carboxylic acids is 1. The number of Topliss-reactive ketones (excluding diaryl/α,β-unsaturated/α-hetero) is 1. The van der Waals surface area contributed by atoms with E-state index in [-0.39, 0.29) is 17.5 Å². The van der Waals surface area contributed by atoms with E-state index >= 15 is 0 Å². The molecule has 0 fully saturated rings. The molecule has 4 rings (SSSR count). The topological polar surface area (TPSA) is 29.1 Å². The van der Waals surface area contributed by atoms with Crippen LogP contribution in [0.5, 0.6) is 0 Å². The number of hydrogen-bond donors (Lipinski definition) is 1. The maximum Gasteiger partial charge on any atom is 0.161 e. The fourth-order valence-electron chi connectivity index (χ4n) is 3.51. The molecule has 0 spiro atoms. The largest absolute Gasteiger partial charge is 0.361 e. The van der Waals surface area contributed by atoms with Crippen LogP contribution in [0, 0.1) is 9.39 Å². The first kappa shape index (κ1) is 14.8. The van der Waals surface area contributed by atoms with Crippen LogP contribution in [0.1, 0.15) is 37.2 Å². The zero-order valence-electron chi connectivity index (χ0n) is 11.9. The van der Waals surface area contributed by atoms with Gasteiger partial charge >= 0.3 is 0 Å². The lowest BCUT2D eigenvalue weighted by Crippen LogP contribution is -2.30. The number of halogens is 2. The molecule has 0 aromatic heterocycles. The summed E-state index contributed by atoms with van der Waals surface area (Å²) in [7, 11) is 0. The molecule has 3 aliphatic rings. The van der Waals surface area contributed by atoms with E-state index in [0.717, 1.165) is 41.8 Å². The van der Waals surface area contributed by atoms with E-state index in [9.17, 15) is 9.18 Å². The molecule has 0 bridgehead atoms. The Morgan fingerprint density at radius 1 is 1.23 bits per heavy atom. The first-order chi connectivity index (χ1) is 10.6. The Labute approximate surface area is 146 Å². The second-order valence-electron chi connectivity index (χ2n) is 5.84. The summed E-state index contributed by atoms with van der Waals surface area (Å²) in [5.74, 6) is 1.11. The number of ketones is 1. The molecule has 5 heteroatoms. The molecule has 1 unspecified atom stereocenters. The van der Waals surface area contributed by atoms with Crippen molar-refractivity contribution in [3.8, 4) is 0 Å². The van der Waals surface area contributed by atoms with E-state index in [1.165, 1.54) is 16.7 Å². The second kappa shape index (κ2) is 5.67. The van der Waals surface area contributed by atoms with Crippen LogP contribution in [0.25, 0.3) is 0 Å². The highest BCUT2D eigenvalue weighted by Gasteiger charge is 2.38. The van der Waals surface area contributed by atoms with Crippen LogP contribution in [0.3, 0.4) is 0 Å². The van der Waals surface area contributed by atoms with Crippen molar-refractivity contribution in [2.45, 2.75) is 31.6 Å². The minimum atomic E-state index is -0.198. The van der Waals surface area contributed by atoms with Crippen LogP contribution in [0.15, 0.2) is 40.1 Å². The highest BCUT2D eigenvalue weighted by Crippen LogP contribution is 2.50. The zero-order valence-corrected chi connectivity index (χ0v) is 14.9. The molecule has 1 N–H and O–H groups in total. The Hall–Kier alpha value is -0.820. The van der Waals surface area contributed by atoms with Crippen LogP contribution in [0.4, 0.5) is 4.39 Å². The van der Waals surface area contributed by atoms with Gasteiger partial charge in [0.1, 0.15) is 5.82 Å². The van der Waals surface area contributed by atoms with Crippen molar-refractivity contribution in [2.75, 3.05) is 5.75 Å². The van der Waals surface area contributed by atoms with Gasteiger partial charge in [0.05, 0.1) is 0 Å². The summed E-state index contributed by atoms with van der Waals surface area (Å²) < 4.78 is 14.2. The van der Waals surface area contributed by atoms with Crippen LogP contribution in [0.2, 0.25) is 0 Å². The predicted molar refractivity (Wildman–Crippen MR) is 95.0 cm³/mol. The molecular weight excluding hydrogens is 412 g/mol. The molecule has 114 valence electrons. The first-order valence-corrected chi connectivity index (χ1v) is 9.55. The maximum atomic E-state index is 13.6. The van der Waals surface area contributed by atoms with Crippen molar-refractivity contribution in [2.24, 2.45) is 0 Å². The van der Waals surface area contributed by atoms with Gasteiger partial charge in [0.2, 0.25) is 0 Å². The average molecular weight is 427 g/mol. The lowest BCUT2D eigenvalue weighted by molar-refractivity contribution is -0.116. The summed E-state index contributed by atoms with van der Waals surface area (Å²) in [4.78, 5) is 13.8. The van der Waals surface area contributed by atoms with Crippen molar-refractivity contribution in [1.82, 2.24) is 5.32 Å². The molecule has 1 aliphatic carbocycles. The SMILES string of the molecule is O=C1CCCC2=C1C(c1ccc(F)c(I)c1)C1=C(CCS1)N2. The van der Waals surface area contributed by atoms with Gasteiger partial charge in [0.25, 0.3) is 0 Å². The monoisotopic (exact) mass is 427 g/mol. The molecule has 0 radical (unpaired) electrons. The molecule has 0 amide bonds. The summed E-state index contributed by atoms with van der Waals surface area (Å²) in [6, 6.07) is 5.25. The van der Waals surface area contributed by atoms with E-state index in [0.29, 0.717) is 9.99 Å². The number of benzene rings is 1. The van der Waals surface area contributed by atoms with Gasteiger partial charge in [-0.3, -0.25) is 4.79 Å². The Morgan fingerprint density at radius 3 is 2.91 bits per heavy atom. The van der Waals surface area contributed by atoms with E-state index < -0.39 is 0 Å².